The van der Waals surface area contributed by atoms with E-state index in [9.17, 15) is 18.3 Å². The van der Waals surface area contributed by atoms with Crippen LogP contribution < -0.4 is 4.74 Å². The van der Waals surface area contributed by atoms with E-state index in [0.717, 1.165) is 37.2 Å². The fraction of sp³-hybridized carbons (Fsp3) is 0.625. The molecular formula is C16H21F3O2. The Bertz CT molecular complexity index is 434. The summed E-state index contributed by atoms with van der Waals surface area (Å²) < 4.78 is 40.0. The highest BCUT2D eigenvalue weighted by Crippen LogP contribution is 2.31. The predicted molar refractivity (Wildman–Crippen MR) is 74.0 cm³/mol. The van der Waals surface area contributed by atoms with Crippen LogP contribution in [-0.2, 0) is 6.42 Å². The van der Waals surface area contributed by atoms with Gasteiger partial charge in [0.25, 0.3) is 0 Å². The van der Waals surface area contributed by atoms with Gasteiger partial charge >= 0.3 is 6.36 Å². The number of aliphatic hydroxyl groups excluding tert-OH is 1. The zero-order chi connectivity index (χ0) is 15.5. The van der Waals surface area contributed by atoms with Crippen LogP contribution in [-0.4, -0.2) is 17.6 Å². The SMILES string of the molecule is CC1CCC(C(O)Cc2ccc(OC(F)(F)F)cc2)CC1. The minimum absolute atomic E-state index is 0.229. The van der Waals surface area contributed by atoms with Crippen molar-refractivity contribution >= 4 is 0 Å². The Kier molecular flexibility index (Phi) is 5.14. The summed E-state index contributed by atoms with van der Waals surface area (Å²) in [4.78, 5) is 0. The fourth-order valence-electron chi connectivity index (χ4n) is 2.91. The van der Waals surface area contributed by atoms with Gasteiger partial charge in [-0.05, 0) is 48.8 Å². The van der Waals surface area contributed by atoms with Crippen molar-refractivity contribution in [2.24, 2.45) is 11.8 Å². The van der Waals surface area contributed by atoms with Gasteiger partial charge in [-0.3, -0.25) is 0 Å². The Morgan fingerprint density at radius 1 is 1.14 bits per heavy atom. The maximum Gasteiger partial charge on any atom is 0.573 e. The maximum absolute atomic E-state index is 12.1. The molecule has 1 atom stereocenters. The Balaban J connectivity index is 1.88. The minimum atomic E-state index is -4.67. The molecule has 0 aliphatic heterocycles. The molecule has 1 N–H and O–H groups in total. The number of rotatable bonds is 4. The molecule has 0 amide bonds. The van der Waals surface area contributed by atoms with E-state index < -0.39 is 12.5 Å². The third kappa shape index (κ3) is 5.23. The van der Waals surface area contributed by atoms with Crippen molar-refractivity contribution in [1.29, 1.82) is 0 Å². The molecule has 1 saturated carbocycles. The molecule has 0 heterocycles. The Labute approximate surface area is 122 Å². The second-order valence-corrected chi connectivity index (χ2v) is 5.98. The van der Waals surface area contributed by atoms with Gasteiger partial charge in [0, 0.05) is 0 Å². The normalized spacial score (nSPS) is 24.6. The second kappa shape index (κ2) is 6.69. The van der Waals surface area contributed by atoms with Crippen LogP contribution >= 0.6 is 0 Å². The highest BCUT2D eigenvalue weighted by Gasteiger charge is 2.31. The van der Waals surface area contributed by atoms with E-state index in [1.807, 2.05) is 0 Å². The summed E-state index contributed by atoms with van der Waals surface area (Å²) in [5.41, 5.74) is 0.829. The number of hydrogen-bond acceptors (Lipinski definition) is 2. The third-order valence-electron chi connectivity index (χ3n) is 4.21. The molecule has 0 saturated heterocycles. The van der Waals surface area contributed by atoms with E-state index >= 15 is 0 Å². The predicted octanol–water partition coefficient (Wildman–Crippen LogP) is 4.31. The van der Waals surface area contributed by atoms with Crippen molar-refractivity contribution in [3.63, 3.8) is 0 Å². The number of hydrogen-bond donors (Lipinski definition) is 1. The summed E-state index contributed by atoms with van der Waals surface area (Å²) in [5.74, 6) is 0.798. The average Bonchev–Trinajstić information content (AvgIpc) is 2.40. The van der Waals surface area contributed by atoms with Gasteiger partial charge in [0.1, 0.15) is 5.75 Å². The first-order chi connectivity index (χ1) is 9.83. The number of aliphatic hydroxyl groups is 1. The van der Waals surface area contributed by atoms with Gasteiger partial charge in [-0.1, -0.05) is 31.9 Å². The van der Waals surface area contributed by atoms with Crippen molar-refractivity contribution in [3.8, 4) is 5.75 Å². The first-order valence-corrected chi connectivity index (χ1v) is 7.36. The molecule has 1 aromatic carbocycles. The van der Waals surface area contributed by atoms with Crippen molar-refractivity contribution in [2.45, 2.75) is 51.5 Å². The molecular weight excluding hydrogens is 281 g/mol. The van der Waals surface area contributed by atoms with Crippen molar-refractivity contribution in [3.05, 3.63) is 29.8 Å². The van der Waals surface area contributed by atoms with Crippen molar-refractivity contribution in [1.82, 2.24) is 0 Å². The summed E-state index contributed by atoms with van der Waals surface area (Å²) in [6, 6.07) is 5.74. The molecule has 5 heteroatoms. The van der Waals surface area contributed by atoms with E-state index in [1.54, 1.807) is 12.1 Å². The van der Waals surface area contributed by atoms with Crippen LogP contribution in [0.1, 0.15) is 38.2 Å². The lowest BCUT2D eigenvalue weighted by Gasteiger charge is -2.30. The van der Waals surface area contributed by atoms with Crippen LogP contribution in [0.5, 0.6) is 5.75 Å². The summed E-state index contributed by atoms with van der Waals surface area (Å²) in [5, 5.41) is 10.3. The molecule has 1 aliphatic rings. The summed E-state index contributed by atoms with van der Waals surface area (Å²) in [6.07, 6.45) is -0.285. The molecule has 118 valence electrons. The van der Waals surface area contributed by atoms with Crippen molar-refractivity contribution < 1.29 is 23.0 Å². The Hall–Kier alpha value is -1.23. The lowest BCUT2D eigenvalue weighted by molar-refractivity contribution is -0.274. The lowest BCUT2D eigenvalue weighted by atomic mass is 9.79. The van der Waals surface area contributed by atoms with Crippen molar-refractivity contribution in [2.75, 3.05) is 0 Å². The van der Waals surface area contributed by atoms with Crippen LogP contribution in [0, 0.1) is 11.8 Å². The molecule has 1 aliphatic carbocycles. The topological polar surface area (TPSA) is 29.5 Å². The molecule has 1 aromatic rings. The zero-order valence-corrected chi connectivity index (χ0v) is 12.1. The highest BCUT2D eigenvalue weighted by atomic mass is 19.4. The number of alkyl halides is 3. The monoisotopic (exact) mass is 302 g/mol. The molecule has 21 heavy (non-hydrogen) atoms. The van der Waals surface area contributed by atoms with Gasteiger partial charge < -0.3 is 9.84 Å². The molecule has 0 spiro atoms. The smallest absolute Gasteiger partial charge is 0.406 e. The van der Waals surface area contributed by atoms with Gasteiger partial charge in [0.2, 0.25) is 0 Å². The third-order valence-corrected chi connectivity index (χ3v) is 4.21. The zero-order valence-electron chi connectivity index (χ0n) is 12.1. The molecule has 1 fully saturated rings. The van der Waals surface area contributed by atoms with E-state index in [1.165, 1.54) is 12.1 Å². The van der Waals surface area contributed by atoms with Gasteiger partial charge in [0.15, 0.2) is 0 Å². The number of halogens is 3. The Morgan fingerprint density at radius 3 is 2.24 bits per heavy atom. The average molecular weight is 302 g/mol. The molecule has 0 radical (unpaired) electrons. The van der Waals surface area contributed by atoms with Gasteiger partial charge in [0.05, 0.1) is 6.10 Å². The first-order valence-electron chi connectivity index (χ1n) is 7.36. The van der Waals surface area contributed by atoms with Crippen LogP contribution in [0.4, 0.5) is 13.2 Å². The molecule has 2 rings (SSSR count). The number of benzene rings is 1. The highest BCUT2D eigenvalue weighted by molar-refractivity contribution is 5.27. The quantitative estimate of drug-likeness (QED) is 0.898. The summed E-state index contributed by atoms with van der Waals surface area (Å²) in [6.45, 7) is 2.22. The second-order valence-electron chi connectivity index (χ2n) is 5.98. The fourth-order valence-corrected chi connectivity index (χ4v) is 2.91. The number of ether oxygens (including phenoxy) is 1. The first kappa shape index (κ1) is 16.1. The summed E-state index contributed by atoms with van der Waals surface area (Å²) in [7, 11) is 0. The van der Waals surface area contributed by atoms with Crippen LogP contribution in [0.2, 0.25) is 0 Å². The van der Waals surface area contributed by atoms with Crippen LogP contribution in [0.15, 0.2) is 24.3 Å². The van der Waals surface area contributed by atoms with E-state index in [-0.39, 0.29) is 5.75 Å². The van der Waals surface area contributed by atoms with Crippen LogP contribution in [0.3, 0.4) is 0 Å². The van der Waals surface area contributed by atoms with Gasteiger partial charge in [-0.25, -0.2) is 0 Å². The maximum atomic E-state index is 12.1. The largest absolute Gasteiger partial charge is 0.573 e. The lowest BCUT2D eigenvalue weighted by Crippen LogP contribution is -2.26. The minimum Gasteiger partial charge on any atom is -0.406 e. The summed E-state index contributed by atoms with van der Waals surface area (Å²) >= 11 is 0. The van der Waals surface area contributed by atoms with Crippen LogP contribution in [0.25, 0.3) is 0 Å². The van der Waals surface area contributed by atoms with E-state index in [4.69, 9.17) is 0 Å². The molecule has 2 nitrogen and oxygen atoms in total. The Morgan fingerprint density at radius 2 is 1.71 bits per heavy atom. The van der Waals surface area contributed by atoms with Gasteiger partial charge in [-0.2, -0.15) is 0 Å². The molecule has 0 aromatic heterocycles. The standard InChI is InChI=1S/C16H21F3O2/c1-11-2-6-13(7-3-11)15(20)10-12-4-8-14(9-5-12)21-16(17,18)19/h4-5,8-9,11,13,15,20H,2-3,6-7,10H2,1H3. The molecule has 1 unspecified atom stereocenters. The van der Waals surface area contributed by atoms with E-state index in [2.05, 4.69) is 11.7 Å². The van der Waals surface area contributed by atoms with E-state index in [0.29, 0.717) is 12.3 Å². The molecule has 0 bridgehead atoms. The van der Waals surface area contributed by atoms with Gasteiger partial charge in [-0.15, -0.1) is 13.2 Å².